The summed E-state index contributed by atoms with van der Waals surface area (Å²) < 4.78 is 4.24. The van der Waals surface area contributed by atoms with Crippen LogP contribution in [-0.2, 0) is 19.5 Å². The van der Waals surface area contributed by atoms with Gasteiger partial charge in [-0.15, -0.1) is 0 Å². The molecule has 6 nitrogen and oxygen atoms in total. The second-order valence-electron chi connectivity index (χ2n) is 10.2. The van der Waals surface area contributed by atoms with E-state index in [0.717, 1.165) is 51.6 Å². The summed E-state index contributed by atoms with van der Waals surface area (Å²) in [5.74, 6) is 0.990. The zero-order valence-corrected chi connectivity index (χ0v) is 22.6. The van der Waals surface area contributed by atoms with Gasteiger partial charge in [-0.25, -0.2) is 9.48 Å². The highest BCUT2D eigenvalue weighted by atomic mass is 16.2. The molecule has 3 aromatic carbocycles. The van der Waals surface area contributed by atoms with Crippen molar-refractivity contribution in [3.8, 4) is 11.5 Å². The molecule has 1 N–H and O–H groups in total. The number of hydrogen-bond acceptors (Lipinski definition) is 2. The largest absolute Gasteiger partial charge is 0.334 e. The minimum atomic E-state index is -0.265. The summed E-state index contributed by atoms with van der Waals surface area (Å²) in [6.07, 6.45) is 2.86. The van der Waals surface area contributed by atoms with Crippen molar-refractivity contribution in [1.82, 2.24) is 24.6 Å². The number of rotatable bonds is 5. The van der Waals surface area contributed by atoms with Gasteiger partial charge in [0.25, 0.3) is 0 Å². The smallest absolute Gasteiger partial charge is 0.318 e. The lowest BCUT2D eigenvalue weighted by molar-refractivity contribution is 0.180. The van der Waals surface area contributed by atoms with Crippen molar-refractivity contribution in [2.45, 2.75) is 46.3 Å². The second kappa shape index (κ2) is 10.3. The highest BCUT2D eigenvalue weighted by Crippen LogP contribution is 2.38. The molecule has 0 saturated carbocycles. The highest BCUT2D eigenvalue weighted by Gasteiger charge is 2.36. The number of urea groups is 1. The number of aryl methyl sites for hydroxylation is 3. The van der Waals surface area contributed by atoms with E-state index in [1.807, 2.05) is 27.8 Å². The van der Waals surface area contributed by atoms with Gasteiger partial charge in [-0.3, -0.25) is 0 Å². The zero-order valence-electron chi connectivity index (χ0n) is 22.6. The van der Waals surface area contributed by atoms with Crippen molar-refractivity contribution >= 4 is 6.03 Å². The summed E-state index contributed by atoms with van der Waals surface area (Å²) in [5, 5.41) is 8.26. The lowest BCUT2D eigenvalue weighted by atomic mass is 10.00. The van der Waals surface area contributed by atoms with Gasteiger partial charge in [0.2, 0.25) is 0 Å². The molecule has 1 aliphatic rings. The molecule has 0 fully saturated rings. The molecule has 3 heterocycles. The van der Waals surface area contributed by atoms with Crippen LogP contribution in [0.5, 0.6) is 0 Å². The Balaban J connectivity index is 1.49. The highest BCUT2D eigenvalue weighted by molar-refractivity contribution is 5.76. The van der Waals surface area contributed by atoms with E-state index in [4.69, 9.17) is 5.10 Å². The van der Waals surface area contributed by atoms with Crippen LogP contribution in [0.25, 0.3) is 11.5 Å². The third-order valence-electron chi connectivity index (χ3n) is 7.49. The van der Waals surface area contributed by atoms with Crippen LogP contribution < -0.4 is 5.32 Å². The molecule has 0 radical (unpaired) electrons. The molecule has 0 spiro atoms. The minimum absolute atomic E-state index is 0.0998. The van der Waals surface area contributed by atoms with E-state index in [-0.39, 0.29) is 12.1 Å². The molecule has 1 unspecified atom stereocenters. The Bertz CT molecular complexity index is 1610. The van der Waals surface area contributed by atoms with Gasteiger partial charge < -0.3 is 14.8 Å². The summed E-state index contributed by atoms with van der Waals surface area (Å²) in [5.41, 5.74) is 8.62. The standard InChI is InChI=1S/C33H33N5O/c1-4-29-28-22-37(33(39)34-21-25-17-15-23(2)16-18-25)31(26-11-8-10-24(3)20-26)30-14-9-19-36(30)32(28)38(35-29)27-12-6-5-7-13-27/h5-20,31H,4,21-22H2,1-3H3,(H,34,39). The molecule has 39 heavy (non-hydrogen) atoms. The Labute approximate surface area is 229 Å². The van der Waals surface area contributed by atoms with Gasteiger partial charge in [-0.2, -0.15) is 5.10 Å². The van der Waals surface area contributed by atoms with Gasteiger partial charge in [-0.1, -0.05) is 84.8 Å². The molecule has 5 aromatic rings. The van der Waals surface area contributed by atoms with E-state index < -0.39 is 0 Å². The number of nitrogens with one attached hydrogen (secondary N) is 1. The summed E-state index contributed by atoms with van der Waals surface area (Å²) in [4.78, 5) is 16.0. The number of para-hydroxylation sites is 1. The zero-order chi connectivity index (χ0) is 26.9. The van der Waals surface area contributed by atoms with Crippen LogP contribution in [0.1, 0.15) is 52.2 Å². The third-order valence-corrected chi connectivity index (χ3v) is 7.49. The van der Waals surface area contributed by atoms with Crippen LogP contribution in [0, 0.1) is 13.8 Å². The number of carbonyl (C=O) groups excluding carboxylic acids is 1. The molecule has 6 heteroatoms. The molecule has 2 aromatic heterocycles. The van der Waals surface area contributed by atoms with E-state index in [2.05, 4.69) is 110 Å². The SMILES string of the molecule is CCc1nn(-c2ccccc2)c2c1CN(C(=O)NCc1ccc(C)cc1)C(c1cccc(C)c1)c1cccn1-2. The number of nitrogens with zero attached hydrogens (tertiary/aromatic N) is 4. The molecule has 0 aliphatic carbocycles. The van der Waals surface area contributed by atoms with Crippen molar-refractivity contribution in [1.29, 1.82) is 0 Å². The Morgan fingerprint density at radius 1 is 0.923 bits per heavy atom. The fourth-order valence-electron chi connectivity index (χ4n) is 5.52. The molecular formula is C33H33N5O. The van der Waals surface area contributed by atoms with Crippen molar-refractivity contribution in [3.05, 3.63) is 136 Å². The number of hydrogen-bond donors (Lipinski definition) is 1. The van der Waals surface area contributed by atoms with Crippen molar-refractivity contribution in [3.63, 3.8) is 0 Å². The van der Waals surface area contributed by atoms with Crippen LogP contribution in [0.15, 0.2) is 97.2 Å². The first-order chi connectivity index (χ1) is 19.0. The molecule has 6 rings (SSSR count). The van der Waals surface area contributed by atoms with Crippen LogP contribution in [-0.4, -0.2) is 25.3 Å². The van der Waals surface area contributed by atoms with E-state index in [0.29, 0.717) is 13.1 Å². The van der Waals surface area contributed by atoms with Gasteiger partial charge in [0.1, 0.15) is 5.82 Å². The van der Waals surface area contributed by atoms with Gasteiger partial charge in [0, 0.05) is 18.3 Å². The Morgan fingerprint density at radius 2 is 1.72 bits per heavy atom. The van der Waals surface area contributed by atoms with E-state index in [1.54, 1.807) is 0 Å². The first-order valence-corrected chi connectivity index (χ1v) is 13.5. The fourth-order valence-corrected chi connectivity index (χ4v) is 5.52. The van der Waals surface area contributed by atoms with Crippen molar-refractivity contribution in [2.24, 2.45) is 0 Å². The second-order valence-corrected chi connectivity index (χ2v) is 10.2. The van der Waals surface area contributed by atoms with Crippen LogP contribution in [0.4, 0.5) is 4.79 Å². The average Bonchev–Trinajstić information content (AvgIpc) is 3.54. The maximum atomic E-state index is 14.1. The Morgan fingerprint density at radius 3 is 2.46 bits per heavy atom. The lowest BCUT2D eigenvalue weighted by Gasteiger charge is -2.31. The first kappa shape index (κ1) is 24.7. The van der Waals surface area contributed by atoms with E-state index >= 15 is 0 Å². The summed E-state index contributed by atoms with van der Waals surface area (Å²) in [6, 6.07) is 30.8. The van der Waals surface area contributed by atoms with Crippen molar-refractivity contribution in [2.75, 3.05) is 0 Å². The maximum Gasteiger partial charge on any atom is 0.318 e. The molecule has 0 bridgehead atoms. The maximum absolute atomic E-state index is 14.1. The summed E-state index contributed by atoms with van der Waals surface area (Å²) in [6.45, 7) is 7.20. The Kier molecular flexibility index (Phi) is 6.53. The Hall–Kier alpha value is -4.58. The molecular weight excluding hydrogens is 482 g/mol. The molecule has 196 valence electrons. The molecule has 1 atom stereocenters. The fraction of sp³-hybridized carbons (Fsp3) is 0.212. The average molecular weight is 516 g/mol. The topological polar surface area (TPSA) is 55.1 Å². The van der Waals surface area contributed by atoms with Gasteiger partial charge in [0.05, 0.1) is 29.7 Å². The summed E-state index contributed by atoms with van der Waals surface area (Å²) >= 11 is 0. The van der Waals surface area contributed by atoms with Gasteiger partial charge in [0.15, 0.2) is 0 Å². The number of amides is 2. The van der Waals surface area contributed by atoms with Crippen LogP contribution in [0.2, 0.25) is 0 Å². The van der Waals surface area contributed by atoms with Crippen molar-refractivity contribution < 1.29 is 4.79 Å². The normalized spacial score (nSPS) is 14.4. The molecule has 0 saturated heterocycles. The van der Waals surface area contributed by atoms with Gasteiger partial charge >= 0.3 is 6.03 Å². The monoisotopic (exact) mass is 515 g/mol. The third kappa shape index (κ3) is 4.63. The molecule has 2 amide bonds. The van der Waals surface area contributed by atoms with Crippen LogP contribution in [0.3, 0.4) is 0 Å². The van der Waals surface area contributed by atoms with Gasteiger partial charge in [-0.05, 0) is 55.7 Å². The number of fused-ring (bicyclic) bond motifs is 3. The minimum Gasteiger partial charge on any atom is -0.334 e. The van der Waals surface area contributed by atoms with Crippen LogP contribution >= 0.6 is 0 Å². The predicted octanol–water partition coefficient (Wildman–Crippen LogP) is 6.66. The summed E-state index contributed by atoms with van der Waals surface area (Å²) in [7, 11) is 0. The number of aromatic nitrogens is 3. The lowest BCUT2D eigenvalue weighted by Crippen LogP contribution is -2.41. The predicted molar refractivity (Wildman–Crippen MR) is 154 cm³/mol. The first-order valence-electron chi connectivity index (χ1n) is 13.5. The van der Waals surface area contributed by atoms with E-state index in [1.165, 1.54) is 5.56 Å². The quantitative estimate of drug-likeness (QED) is 0.285. The number of carbonyl (C=O) groups is 1. The number of benzene rings is 3. The van der Waals surface area contributed by atoms with E-state index in [9.17, 15) is 4.79 Å². The molecule has 1 aliphatic heterocycles.